The highest BCUT2D eigenvalue weighted by Crippen LogP contribution is 2.39. The van der Waals surface area contributed by atoms with Crippen molar-refractivity contribution >= 4 is 11.5 Å². The molecule has 2 heteroatoms. The topological polar surface area (TPSA) is 20.3 Å². The highest BCUT2D eigenvalue weighted by molar-refractivity contribution is 5.89. The van der Waals surface area contributed by atoms with E-state index in [0.717, 1.165) is 6.54 Å². The molecule has 1 aliphatic rings. The lowest BCUT2D eigenvalue weighted by Gasteiger charge is -2.24. The van der Waals surface area contributed by atoms with Gasteiger partial charge in [-0.15, -0.1) is 0 Å². The zero-order valence-electron chi connectivity index (χ0n) is 10.4. The van der Waals surface area contributed by atoms with Gasteiger partial charge in [0.2, 0.25) is 0 Å². The van der Waals surface area contributed by atoms with Crippen molar-refractivity contribution in [1.29, 1.82) is 0 Å². The van der Waals surface area contributed by atoms with Gasteiger partial charge in [0, 0.05) is 18.3 Å². The Kier molecular flexibility index (Phi) is 2.75. The van der Waals surface area contributed by atoms with Crippen molar-refractivity contribution in [3.05, 3.63) is 29.3 Å². The van der Waals surface area contributed by atoms with Crippen LogP contribution >= 0.6 is 0 Å². The summed E-state index contributed by atoms with van der Waals surface area (Å²) in [5.41, 5.74) is 3.72. The smallest absolute Gasteiger partial charge is 0.139 e. The molecule has 1 unspecified atom stereocenters. The number of benzene rings is 1. The van der Waals surface area contributed by atoms with Gasteiger partial charge >= 0.3 is 0 Å². The average Bonchev–Trinajstić information content (AvgIpc) is 2.58. The second-order valence-corrected chi connectivity index (χ2v) is 4.92. The number of fused-ring (bicyclic) bond motifs is 1. The first kappa shape index (κ1) is 11.2. The van der Waals surface area contributed by atoms with Crippen molar-refractivity contribution in [1.82, 2.24) is 0 Å². The molecule has 2 nitrogen and oxygen atoms in total. The summed E-state index contributed by atoms with van der Waals surface area (Å²) in [5, 5.41) is 0. The molecule has 0 N–H and O–H groups in total. The van der Waals surface area contributed by atoms with Crippen LogP contribution in [0.1, 0.15) is 37.8 Å². The summed E-state index contributed by atoms with van der Waals surface area (Å²) >= 11 is 0. The number of anilines is 1. The zero-order chi connectivity index (χ0) is 11.9. The molecule has 0 aliphatic carbocycles. The fourth-order valence-corrected chi connectivity index (χ4v) is 2.58. The van der Waals surface area contributed by atoms with Crippen LogP contribution < -0.4 is 4.90 Å². The van der Waals surface area contributed by atoms with Crippen LogP contribution in [0.25, 0.3) is 0 Å². The minimum absolute atomic E-state index is 0.0681. The lowest BCUT2D eigenvalue weighted by atomic mass is 9.94. The lowest BCUT2D eigenvalue weighted by Crippen LogP contribution is -2.30. The Labute approximate surface area is 97.3 Å². The predicted molar refractivity (Wildman–Crippen MR) is 67.1 cm³/mol. The predicted octanol–water partition coefficient (Wildman–Crippen LogP) is 2.90. The Morgan fingerprint density at radius 2 is 2.12 bits per heavy atom. The van der Waals surface area contributed by atoms with Crippen LogP contribution in [0.2, 0.25) is 0 Å². The van der Waals surface area contributed by atoms with Crippen LogP contribution in [0.3, 0.4) is 0 Å². The van der Waals surface area contributed by atoms with E-state index in [1.807, 2.05) is 0 Å². The molecule has 0 saturated carbocycles. The third-order valence-electron chi connectivity index (χ3n) is 3.45. The number of nitrogens with zero attached hydrogens (tertiary/aromatic N) is 1. The van der Waals surface area contributed by atoms with Gasteiger partial charge < -0.3 is 4.90 Å². The molecule has 0 spiro atoms. The molecule has 1 heterocycles. The van der Waals surface area contributed by atoms with Crippen LogP contribution in [0.4, 0.5) is 5.69 Å². The van der Waals surface area contributed by atoms with E-state index >= 15 is 0 Å². The van der Waals surface area contributed by atoms with Crippen LogP contribution in [0, 0.1) is 6.92 Å². The third-order valence-corrected chi connectivity index (χ3v) is 3.45. The number of aryl methyl sites for hydroxylation is 1. The van der Waals surface area contributed by atoms with E-state index in [4.69, 9.17) is 0 Å². The van der Waals surface area contributed by atoms with Crippen LogP contribution in [0.5, 0.6) is 0 Å². The molecular weight excluding hydrogens is 198 g/mol. The molecule has 2 rings (SSSR count). The fourth-order valence-electron chi connectivity index (χ4n) is 2.58. The van der Waals surface area contributed by atoms with Gasteiger partial charge in [0.05, 0.1) is 5.92 Å². The SMILES string of the molecule is CC(=O)C1CN(C(C)C)c2cccc(C)c21. The Hall–Kier alpha value is -1.31. The molecule has 0 saturated heterocycles. The number of carbonyl (C=O) groups is 1. The number of hydrogen-bond donors (Lipinski definition) is 0. The normalized spacial score (nSPS) is 19.1. The van der Waals surface area contributed by atoms with E-state index in [1.54, 1.807) is 6.92 Å². The molecule has 1 aromatic rings. The van der Waals surface area contributed by atoms with Gasteiger partial charge in [-0.05, 0) is 44.9 Å². The van der Waals surface area contributed by atoms with Gasteiger partial charge in [-0.25, -0.2) is 0 Å². The van der Waals surface area contributed by atoms with Crippen molar-refractivity contribution in [2.24, 2.45) is 0 Å². The summed E-state index contributed by atoms with van der Waals surface area (Å²) in [5.74, 6) is 0.345. The van der Waals surface area contributed by atoms with E-state index < -0.39 is 0 Å². The van der Waals surface area contributed by atoms with Crippen LogP contribution in [0.15, 0.2) is 18.2 Å². The first-order valence-electron chi connectivity index (χ1n) is 5.89. The first-order valence-corrected chi connectivity index (χ1v) is 5.89. The highest BCUT2D eigenvalue weighted by atomic mass is 16.1. The van der Waals surface area contributed by atoms with E-state index in [2.05, 4.69) is 43.9 Å². The number of rotatable bonds is 2. The standard InChI is InChI=1S/C14H19NO/c1-9(2)15-8-12(11(4)16)14-10(3)6-5-7-13(14)15/h5-7,9,12H,8H2,1-4H3. The Morgan fingerprint density at radius 1 is 1.44 bits per heavy atom. The van der Waals surface area contributed by atoms with Gasteiger partial charge in [-0.3, -0.25) is 4.79 Å². The van der Waals surface area contributed by atoms with E-state index in [0.29, 0.717) is 6.04 Å². The van der Waals surface area contributed by atoms with Crippen molar-refractivity contribution in [2.75, 3.05) is 11.4 Å². The van der Waals surface area contributed by atoms with Crippen LogP contribution in [-0.4, -0.2) is 18.4 Å². The highest BCUT2D eigenvalue weighted by Gasteiger charge is 2.33. The molecule has 1 aromatic carbocycles. The second-order valence-electron chi connectivity index (χ2n) is 4.92. The second kappa shape index (κ2) is 3.93. The minimum Gasteiger partial charge on any atom is -0.368 e. The summed E-state index contributed by atoms with van der Waals surface area (Å²) in [6.07, 6.45) is 0. The summed E-state index contributed by atoms with van der Waals surface area (Å²) < 4.78 is 0. The fraction of sp³-hybridized carbons (Fsp3) is 0.500. The molecule has 0 radical (unpaired) electrons. The zero-order valence-corrected chi connectivity index (χ0v) is 10.4. The summed E-state index contributed by atoms with van der Waals surface area (Å²) in [4.78, 5) is 14.0. The maximum atomic E-state index is 11.7. The molecule has 0 aromatic heterocycles. The molecule has 16 heavy (non-hydrogen) atoms. The summed E-state index contributed by atoms with van der Waals surface area (Å²) in [7, 11) is 0. The number of Topliss-reactive ketones (excluding diaryl/α,β-unsaturated/α-hetero) is 1. The van der Waals surface area contributed by atoms with Crippen LogP contribution in [-0.2, 0) is 4.79 Å². The molecular formula is C14H19NO. The molecule has 0 amide bonds. The van der Waals surface area contributed by atoms with E-state index in [-0.39, 0.29) is 11.7 Å². The van der Waals surface area contributed by atoms with Gasteiger partial charge in [0.15, 0.2) is 0 Å². The van der Waals surface area contributed by atoms with Crippen molar-refractivity contribution in [2.45, 2.75) is 39.7 Å². The Bertz CT molecular complexity index is 423. The number of hydrogen-bond acceptors (Lipinski definition) is 2. The van der Waals surface area contributed by atoms with Gasteiger partial charge in [-0.1, -0.05) is 12.1 Å². The van der Waals surface area contributed by atoms with Crippen molar-refractivity contribution in [3.63, 3.8) is 0 Å². The van der Waals surface area contributed by atoms with Gasteiger partial charge in [0.1, 0.15) is 5.78 Å². The Morgan fingerprint density at radius 3 is 2.69 bits per heavy atom. The molecule has 86 valence electrons. The largest absolute Gasteiger partial charge is 0.368 e. The maximum Gasteiger partial charge on any atom is 0.139 e. The lowest BCUT2D eigenvalue weighted by molar-refractivity contribution is -0.118. The number of carbonyl (C=O) groups excluding carboxylic acids is 1. The van der Waals surface area contributed by atoms with Crippen molar-refractivity contribution in [3.8, 4) is 0 Å². The maximum absolute atomic E-state index is 11.7. The molecule has 1 aliphatic heterocycles. The molecule has 0 fully saturated rings. The summed E-state index contributed by atoms with van der Waals surface area (Å²) in [6, 6.07) is 6.75. The summed E-state index contributed by atoms with van der Waals surface area (Å²) in [6.45, 7) is 8.99. The minimum atomic E-state index is 0.0681. The molecule has 1 atom stereocenters. The monoisotopic (exact) mass is 217 g/mol. The van der Waals surface area contributed by atoms with Crippen molar-refractivity contribution < 1.29 is 4.79 Å². The van der Waals surface area contributed by atoms with Gasteiger partial charge in [-0.2, -0.15) is 0 Å². The van der Waals surface area contributed by atoms with Gasteiger partial charge in [0.25, 0.3) is 0 Å². The number of ketones is 1. The molecule has 0 bridgehead atoms. The quantitative estimate of drug-likeness (QED) is 0.759. The Balaban J connectivity index is 2.53. The van der Waals surface area contributed by atoms with E-state index in [9.17, 15) is 4.79 Å². The average molecular weight is 217 g/mol. The van der Waals surface area contributed by atoms with E-state index in [1.165, 1.54) is 16.8 Å². The first-order chi connectivity index (χ1) is 7.52. The third kappa shape index (κ3) is 1.62.